The Morgan fingerprint density at radius 3 is 2.43 bits per heavy atom. The molecule has 0 saturated heterocycles. The Bertz CT molecular complexity index is 1190. The van der Waals surface area contributed by atoms with Crippen LogP contribution >= 0.6 is 0 Å². The minimum atomic E-state index is -1.11. The molecule has 2 aromatic carbocycles. The lowest BCUT2D eigenvalue weighted by atomic mass is 9.98. The molecule has 1 aromatic heterocycles. The van der Waals surface area contributed by atoms with Crippen molar-refractivity contribution in [3.05, 3.63) is 97.7 Å². The van der Waals surface area contributed by atoms with Crippen LogP contribution in [0, 0.1) is 11.6 Å². The highest BCUT2D eigenvalue weighted by molar-refractivity contribution is 5.92. The first-order chi connectivity index (χ1) is 13.4. The number of nitrogens with zero attached hydrogens (tertiary/aromatic N) is 1. The summed E-state index contributed by atoms with van der Waals surface area (Å²) in [6.07, 6.45) is 0. The molecule has 0 radical (unpaired) electrons. The standard InChI is InChI=1S/C19H14F2N4O3/c20-12-7-6-11(8-13(12)21)15-14-16(23-18(27)22-15)25(19(28)24-17(14)26)9-10-4-2-1-3-5-10/h1-8,15H,9H2,(H2,22,23,27)(H,24,26,28). The van der Waals surface area contributed by atoms with Crippen LogP contribution in [0.5, 0.6) is 0 Å². The van der Waals surface area contributed by atoms with Crippen LogP contribution in [0.15, 0.2) is 58.1 Å². The fraction of sp³-hybridized carbons (Fsp3) is 0.105. The number of aromatic amines is 1. The number of urea groups is 1. The van der Waals surface area contributed by atoms with Gasteiger partial charge in [-0.1, -0.05) is 36.4 Å². The molecule has 1 aliphatic rings. The number of carbonyl (C=O) groups excluding carboxylic acids is 1. The molecule has 28 heavy (non-hydrogen) atoms. The van der Waals surface area contributed by atoms with E-state index < -0.39 is 35.0 Å². The third-order valence-electron chi connectivity index (χ3n) is 4.49. The molecular weight excluding hydrogens is 370 g/mol. The normalized spacial score (nSPS) is 15.5. The maximum atomic E-state index is 13.7. The van der Waals surface area contributed by atoms with Crippen LogP contribution in [0.25, 0.3) is 0 Å². The van der Waals surface area contributed by atoms with Crippen molar-refractivity contribution in [2.45, 2.75) is 12.6 Å². The number of carbonyl (C=O) groups is 1. The molecule has 3 aromatic rings. The Morgan fingerprint density at radius 1 is 0.964 bits per heavy atom. The topological polar surface area (TPSA) is 96.0 Å². The summed E-state index contributed by atoms with van der Waals surface area (Å²) >= 11 is 0. The number of hydrogen-bond acceptors (Lipinski definition) is 3. The molecule has 9 heteroatoms. The number of anilines is 1. The van der Waals surface area contributed by atoms with Gasteiger partial charge in [-0.25, -0.2) is 18.4 Å². The monoisotopic (exact) mass is 384 g/mol. The molecule has 1 unspecified atom stereocenters. The summed E-state index contributed by atoms with van der Waals surface area (Å²) in [5, 5.41) is 4.99. The smallest absolute Gasteiger partial charge is 0.327 e. The second kappa shape index (κ2) is 6.76. The van der Waals surface area contributed by atoms with Gasteiger partial charge < -0.3 is 5.32 Å². The van der Waals surface area contributed by atoms with Gasteiger partial charge in [0.2, 0.25) is 0 Å². The predicted molar refractivity (Wildman–Crippen MR) is 97.2 cm³/mol. The van der Waals surface area contributed by atoms with Gasteiger partial charge >= 0.3 is 11.7 Å². The minimum Gasteiger partial charge on any atom is -0.327 e. The maximum absolute atomic E-state index is 13.7. The summed E-state index contributed by atoms with van der Waals surface area (Å²) in [5.41, 5.74) is -0.451. The first-order valence-electron chi connectivity index (χ1n) is 8.37. The molecule has 0 bridgehead atoms. The van der Waals surface area contributed by atoms with Gasteiger partial charge in [0.1, 0.15) is 5.82 Å². The average molecular weight is 384 g/mol. The number of H-pyrrole nitrogens is 1. The molecule has 2 amide bonds. The van der Waals surface area contributed by atoms with E-state index in [0.29, 0.717) is 0 Å². The molecule has 3 N–H and O–H groups in total. The van der Waals surface area contributed by atoms with E-state index in [4.69, 9.17) is 0 Å². The van der Waals surface area contributed by atoms with Crippen molar-refractivity contribution in [3.63, 3.8) is 0 Å². The van der Waals surface area contributed by atoms with Crippen molar-refractivity contribution >= 4 is 11.8 Å². The number of nitrogens with one attached hydrogen (secondary N) is 3. The summed E-state index contributed by atoms with van der Waals surface area (Å²) in [4.78, 5) is 39.3. The highest BCUT2D eigenvalue weighted by atomic mass is 19.2. The average Bonchev–Trinajstić information content (AvgIpc) is 2.67. The molecule has 0 spiro atoms. The zero-order valence-electron chi connectivity index (χ0n) is 14.3. The van der Waals surface area contributed by atoms with Crippen molar-refractivity contribution in [1.82, 2.24) is 14.9 Å². The fourth-order valence-corrected chi connectivity index (χ4v) is 3.19. The Balaban J connectivity index is 1.90. The van der Waals surface area contributed by atoms with Gasteiger partial charge in [0.05, 0.1) is 18.2 Å². The lowest BCUT2D eigenvalue weighted by molar-refractivity contribution is 0.248. The molecule has 4 rings (SSSR count). The van der Waals surface area contributed by atoms with E-state index in [1.165, 1.54) is 10.6 Å². The van der Waals surface area contributed by atoms with Gasteiger partial charge in [-0.05, 0) is 23.3 Å². The molecule has 0 fully saturated rings. The third kappa shape index (κ3) is 3.07. The van der Waals surface area contributed by atoms with Crippen LogP contribution in [-0.4, -0.2) is 15.6 Å². The Morgan fingerprint density at radius 2 is 1.71 bits per heavy atom. The van der Waals surface area contributed by atoms with Gasteiger partial charge in [-0.15, -0.1) is 0 Å². The second-order valence-corrected chi connectivity index (χ2v) is 6.30. The highest BCUT2D eigenvalue weighted by Crippen LogP contribution is 2.29. The predicted octanol–water partition coefficient (Wildman–Crippen LogP) is 2.09. The zero-order valence-corrected chi connectivity index (χ0v) is 14.3. The molecule has 0 saturated carbocycles. The van der Waals surface area contributed by atoms with E-state index in [-0.39, 0.29) is 23.5 Å². The number of benzene rings is 2. The lowest BCUT2D eigenvalue weighted by Gasteiger charge is -2.28. The van der Waals surface area contributed by atoms with Crippen molar-refractivity contribution < 1.29 is 13.6 Å². The maximum Gasteiger partial charge on any atom is 0.330 e. The van der Waals surface area contributed by atoms with Crippen LogP contribution in [0.2, 0.25) is 0 Å². The Kier molecular flexibility index (Phi) is 4.26. The molecule has 0 aliphatic carbocycles. The molecule has 7 nitrogen and oxygen atoms in total. The molecule has 2 heterocycles. The van der Waals surface area contributed by atoms with Crippen molar-refractivity contribution in [1.29, 1.82) is 0 Å². The summed E-state index contributed by atoms with van der Waals surface area (Å²) in [7, 11) is 0. The number of aromatic nitrogens is 2. The summed E-state index contributed by atoms with van der Waals surface area (Å²) in [5.74, 6) is -2.15. The van der Waals surface area contributed by atoms with Crippen LogP contribution in [0.1, 0.15) is 22.7 Å². The largest absolute Gasteiger partial charge is 0.330 e. The molecule has 1 atom stereocenters. The molecule has 1 aliphatic heterocycles. The van der Waals surface area contributed by atoms with Gasteiger partial charge in [-0.2, -0.15) is 0 Å². The lowest BCUT2D eigenvalue weighted by Crippen LogP contribution is -2.46. The molecular formula is C19H14F2N4O3. The third-order valence-corrected chi connectivity index (χ3v) is 4.49. The van der Waals surface area contributed by atoms with Crippen LogP contribution in [-0.2, 0) is 6.54 Å². The minimum absolute atomic E-state index is 0.0103. The van der Waals surface area contributed by atoms with Crippen molar-refractivity contribution in [3.8, 4) is 0 Å². The molecule has 142 valence electrons. The Hall–Kier alpha value is -3.75. The van der Waals surface area contributed by atoms with Crippen LogP contribution in [0.3, 0.4) is 0 Å². The first-order valence-corrected chi connectivity index (χ1v) is 8.37. The Labute approximate surface area is 156 Å². The summed E-state index contributed by atoms with van der Waals surface area (Å²) in [6, 6.07) is 10.3. The van der Waals surface area contributed by atoms with Crippen LogP contribution < -0.4 is 21.9 Å². The van der Waals surface area contributed by atoms with E-state index >= 15 is 0 Å². The fourth-order valence-electron chi connectivity index (χ4n) is 3.19. The zero-order chi connectivity index (χ0) is 19.8. The van der Waals surface area contributed by atoms with Gasteiger partial charge in [0.15, 0.2) is 11.6 Å². The van der Waals surface area contributed by atoms with Crippen molar-refractivity contribution in [2.75, 3.05) is 5.32 Å². The number of hydrogen-bond donors (Lipinski definition) is 3. The van der Waals surface area contributed by atoms with Gasteiger partial charge in [-0.3, -0.25) is 19.7 Å². The van der Waals surface area contributed by atoms with E-state index in [9.17, 15) is 23.2 Å². The van der Waals surface area contributed by atoms with Gasteiger partial charge in [0.25, 0.3) is 5.56 Å². The number of halogens is 2. The summed E-state index contributed by atoms with van der Waals surface area (Å²) < 4.78 is 28.2. The van der Waals surface area contributed by atoms with E-state index in [1.54, 1.807) is 24.3 Å². The number of rotatable bonds is 3. The second-order valence-electron chi connectivity index (χ2n) is 6.30. The van der Waals surface area contributed by atoms with E-state index in [1.807, 2.05) is 6.07 Å². The number of amides is 2. The van der Waals surface area contributed by atoms with Crippen molar-refractivity contribution in [2.24, 2.45) is 0 Å². The summed E-state index contributed by atoms with van der Waals surface area (Å²) in [6.45, 7) is 0.101. The van der Waals surface area contributed by atoms with E-state index in [0.717, 1.165) is 17.7 Å². The van der Waals surface area contributed by atoms with E-state index in [2.05, 4.69) is 15.6 Å². The quantitative estimate of drug-likeness (QED) is 0.645. The SMILES string of the molecule is O=C1Nc2c(c(=O)[nH]c(=O)n2Cc2ccccc2)C(c2ccc(F)c(F)c2)N1. The van der Waals surface area contributed by atoms with Gasteiger partial charge in [0, 0.05) is 0 Å². The number of fused-ring (bicyclic) bond motifs is 1. The first kappa shape index (κ1) is 17.7. The highest BCUT2D eigenvalue weighted by Gasteiger charge is 2.32. The van der Waals surface area contributed by atoms with Crippen LogP contribution in [0.4, 0.5) is 19.4 Å².